The number of rotatable bonds is 5. The molecule has 0 amide bonds. The fraction of sp³-hybridized carbons (Fsp3) is 0.214. The lowest BCUT2D eigenvalue weighted by Gasteiger charge is -2.23. The van der Waals surface area contributed by atoms with E-state index < -0.39 is 0 Å². The molecule has 3 N–H and O–H groups in total. The minimum Gasteiger partial charge on any atom is -0.367 e. The third-order valence-corrected chi connectivity index (χ3v) is 2.85. The highest BCUT2D eigenvalue weighted by Crippen LogP contribution is 2.16. The molecule has 4 nitrogen and oxygen atoms in total. The Bertz CT molecular complexity index is 467. The monoisotopic (exact) mass is 242 g/mol. The highest BCUT2D eigenvalue weighted by Gasteiger charge is 2.04. The maximum Gasteiger partial charge on any atom is 0.139 e. The molecular weight excluding hydrogens is 224 g/mol. The summed E-state index contributed by atoms with van der Waals surface area (Å²) in [4.78, 5) is 6.51. The van der Waals surface area contributed by atoms with Gasteiger partial charge in [0.25, 0.3) is 0 Å². The van der Waals surface area contributed by atoms with E-state index in [1.807, 2.05) is 24.4 Å². The van der Waals surface area contributed by atoms with Crippen LogP contribution in [0.2, 0.25) is 0 Å². The zero-order valence-corrected chi connectivity index (χ0v) is 10.5. The minimum absolute atomic E-state index is 0.682. The highest BCUT2D eigenvalue weighted by molar-refractivity contribution is 5.46. The molecule has 0 radical (unpaired) electrons. The van der Waals surface area contributed by atoms with Crippen LogP contribution in [0.3, 0.4) is 0 Å². The first kappa shape index (κ1) is 12.4. The van der Waals surface area contributed by atoms with Crippen LogP contribution in [0.5, 0.6) is 0 Å². The van der Waals surface area contributed by atoms with Crippen molar-refractivity contribution in [3.05, 3.63) is 54.2 Å². The van der Waals surface area contributed by atoms with Gasteiger partial charge in [0.15, 0.2) is 0 Å². The fourth-order valence-electron chi connectivity index (χ4n) is 1.85. The molecule has 1 aromatic heterocycles. The van der Waals surface area contributed by atoms with E-state index in [1.165, 1.54) is 11.3 Å². The predicted molar refractivity (Wildman–Crippen MR) is 75.2 cm³/mol. The summed E-state index contributed by atoms with van der Waals surface area (Å²) >= 11 is 0. The normalized spacial score (nSPS) is 10.1. The van der Waals surface area contributed by atoms with E-state index in [4.69, 9.17) is 5.84 Å². The van der Waals surface area contributed by atoms with Gasteiger partial charge in [0, 0.05) is 25.0 Å². The number of nitrogens with one attached hydrogen (secondary N) is 1. The molecular formula is C14H18N4. The summed E-state index contributed by atoms with van der Waals surface area (Å²) in [6.07, 6.45) is 1.85. The van der Waals surface area contributed by atoms with Crippen molar-refractivity contribution < 1.29 is 0 Å². The number of nitrogens with zero attached hydrogens (tertiary/aromatic N) is 2. The van der Waals surface area contributed by atoms with Gasteiger partial charge in [-0.15, -0.1) is 0 Å². The quantitative estimate of drug-likeness (QED) is 0.624. The van der Waals surface area contributed by atoms with Crippen molar-refractivity contribution in [3.63, 3.8) is 0 Å². The number of anilines is 2. The molecule has 0 aliphatic heterocycles. The van der Waals surface area contributed by atoms with Crippen LogP contribution in [0.1, 0.15) is 12.5 Å². The van der Waals surface area contributed by atoms with Crippen molar-refractivity contribution in [3.8, 4) is 0 Å². The molecule has 1 aromatic carbocycles. The topological polar surface area (TPSA) is 54.2 Å². The van der Waals surface area contributed by atoms with Crippen molar-refractivity contribution in [2.45, 2.75) is 13.5 Å². The number of hydrogen-bond acceptors (Lipinski definition) is 4. The van der Waals surface area contributed by atoms with Gasteiger partial charge in [-0.25, -0.2) is 10.8 Å². The Morgan fingerprint density at radius 1 is 1.17 bits per heavy atom. The first-order valence-electron chi connectivity index (χ1n) is 6.05. The van der Waals surface area contributed by atoms with E-state index in [0.717, 1.165) is 13.1 Å². The van der Waals surface area contributed by atoms with E-state index in [-0.39, 0.29) is 0 Å². The van der Waals surface area contributed by atoms with E-state index in [0.29, 0.717) is 5.82 Å². The van der Waals surface area contributed by atoms with Gasteiger partial charge in [-0.2, -0.15) is 0 Å². The number of nitrogens with two attached hydrogens (primary N) is 1. The van der Waals surface area contributed by atoms with Gasteiger partial charge in [-0.05, 0) is 30.7 Å². The lowest BCUT2D eigenvalue weighted by molar-refractivity contribution is 0.828. The number of pyridine rings is 1. The van der Waals surface area contributed by atoms with E-state index in [9.17, 15) is 0 Å². The van der Waals surface area contributed by atoms with E-state index in [2.05, 4.69) is 46.5 Å². The van der Waals surface area contributed by atoms with Crippen LogP contribution >= 0.6 is 0 Å². The van der Waals surface area contributed by atoms with Crippen molar-refractivity contribution >= 4 is 11.5 Å². The molecule has 94 valence electrons. The van der Waals surface area contributed by atoms with Gasteiger partial charge >= 0.3 is 0 Å². The molecule has 0 spiro atoms. The van der Waals surface area contributed by atoms with E-state index in [1.54, 1.807) is 0 Å². The Morgan fingerprint density at radius 3 is 2.50 bits per heavy atom. The molecule has 0 fully saturated rings. The number of hydrogen-bond donors (Lipinski definition) is 2. The minimum atomic E-state index is 0.682. The molecule has 18 heavy (non-hydrogen) atoms. The number of benzene rings is 1. The summed E-state index contributed by atoms with van der Waals surface area (Å²) < 4.78 is 0. The molecule has 0 saturated carbocycles. The molecule has 1 heterocycles. The number of nitrogen functional groups attached to an aromatic ring is 1. The maximum absolute atomic E-state index is 5.30. The molecule has 2 rings (SSSR count). The Hall–Kier alpha value is -2.07. The van der Waals surface area contributed by atoms with Crippen LogP contribution in [0.15, 0.2) is 48.7 Å². The fourth-order valence-corrected chi connectivity index (χ4v) is 1.85. The molecule has 0 unspecified atom stereocenters. The van der Waals surface area contributed by atoms with Crippen molar-refractivity contribution in [2.75, 3.05) is 16.9 Å². The Kier molecular flexibility index (Phi) is 4.15. The van der Waals surface area contributed by atoms with Crippen LogP contribution in [0, 0.1) is 0 Å². The van der Waals surface area contributed by atoms with Gasteiger partial charge in [0.05, 0.1) is 0 Å². The predicted octanol–water partition coefficient (Wildman–Crippen LogP) is 2.39. The first-order valence-corrected chi connectivity index (χ1v) is 6.05. The van der Waals surface area contributed by atoms with Crippen molar-refractivity contribution in [2.24, 2.45) is 5.84 Å². The molecule has 0 aliphatic rings. The lowest BCUT2D eigenvalue weighted by Crippen LogP contribution is -2.22. The van der Waals surface area contributed by atoms with Crippen molar-refractivity contribution in [1.29, 1.82) is 0 Å². The zero-order valence-electron chi connectivity index (χ0n) is 10.5. The van der Waals surface area contributed by atoms with Crippen LogP contribution in [0.4, 0.5) is 11.5 Å². The van der Waals surface area contributed by atoms with Crippen LogP contribution in [0.25, 0.3) is 0 Å². The van der Waals surface area contributed by atoms with Crippen LogP contribution in [-0.2, 0) is 6.54 Å². The Balaban J connectivity index is 2.10. The van der Waals surface area contributed by atoms with Gasteiger partial charge in [0.2, 0.25) is 0 Å². The van der Waals surface area contributed by atoms with Crippen LogP contribution in [-0.4, -0.2) is 11.5 Å². The highest BCUT2D eigenvalue weighted by atomic mass is 15.2. The standard InChI is InChI=1S/C14H18N4/c1-2-18(13-6-4-3-5-7-13)11-12-8-9-14(17-15)16-10-12/h3-10H,2,11,15H2,1H3,(H,16,17). The van der Waals surface area contributed by atoms with Crippen molar-refractivity contribution in [1.82, 2.24) is 4.98 Å². The molecule has 2 aromatic rings. The third-order valence-electron chi connectivity index (χ3n) is 2.85. The summed E-state index contributed by atoms with van der Waals surface area (Å²) in [6.45, 7) is 3.95. The molecule has 0 bridgehead atoms. The summed E-state index contributed by atoms with van der Waals surface area (Å²) in [7, 11) is 0. The second-order valence-corrected chi connectivity index (χ2v) is 4.05. The van der Waals surface area contributed by atoms with Crippen LogP contribution < -0.4 is 16.2 Å². The molecule has 4 heteroatoms. The summed E-state index contributed by atoms with van der Waals surface area (Å²) in [6, 6.07) is 14.3. The number of hydrazine groups is 1. The Morgan fingerprint density at radius 2 is 1.94 bits per heavy atom. The van der Waals surface area contributed by atoms with E-state index >= 15 is 0 Å². The van der Waals surface area contributed by atoms with Gasteiger partial charge in [-0.1, -0.05) is 24.3 Å². The maximum atomic E-state index is 5.30. The Labute approximate surface area is 107 Å². The molecule has 0 aliphatic carbocycles. The second kappa shape index (κ2) is 6.02. The smallest absolute Gasteiger partial charge is 0.139 e. The average Bonchev–Trinajstić information content (AvgIpc) is 2.46. The number of aromatic nitrogens is 1. The van der Waals surface area contributed by atoms with Gasteiger partial charge in [0.1, 0.15) is 5.82 Å². The summed E-state index contributed by atoms with van der Waals surface area (Å²) in [5.74, 6) is 5.98. The zero-order chi connectivity index (χ0) is 12.8. The lowest BCUT2D eigenvalue weighted by atomic mass is 10.2. The third kappa shape index (κ3) is 2.99. The van der Waals surface area contributed by atoms with Gasteiger partial charge < -0.3 is 10.3 Å². The first-order chi connectivity index (χ1) is 8.83. The molecule has 0 atom stereocenters. The second-order valence-electron chi connectivity index (χ2n) is 4.05. The largest absolute Gasteiger partial charge is 0.367 e. The SMILES string of the molecule is CCN(Cc1ccc(NN)nc1)c1ccccc1. The summed E-state index contributed by atoms with van der Waals surface area (Å²) in [5.41, 5.74) is 4.92. The van der Waals surface area contributed by atoms with Gasteiger partial charge in [-0.3, -0.25) is 0 Å². The molecule has 0 saturated heterocycles. The average molecular weight is 242 g/mol. The summed E-state index contributed by atoms with van der Waals surface area (Å²) in [5, 5.41) is 0. The number of para-hydroxylation sites is 1.